The molecule has 2 aromatic heterocycles. The van der Waals surface area contributed by atoms with Crippen molar-refractivity contribution < 1.29 is 23.4 Å². The summed E-state index contributed by atoms with van der Waals surface area (Å²) in [7, 11) is 4.53. The lowest BCUT2D eigenvalue weighted by molar-refractivity contribution is 0.104. The predicted octanol–water partition coefficient (Wildman–Crippen LogP) is 3.83. The SMILES string of the molecule is COc1cc(Nc2nc(N)c(C(=O)c3cc4ccccc4oc3=O)s2)cc(OC)c1OC. The van der Waals surface area contributed by atoms with Gasteiger partial charge in [-0.15, -0.1) is 0 Å². The van der Waals surface area contributed by atoms with Crippen molar-refractivity contribution in [2.75, 3.05) is 32.4 Å². The largest absolute Gasteiger partial charge is 0.493 e. The fraction of sp³-hybridized carbons (Fsp3) is 0.136. The van der Waals surface area contributed by atoms with E-state index < -0.39 is 11.4 Å². The maximum atomic E-state index is 13.0. The van der Waals surface area contributed by atoms with Crippen LogP contribution in [-0.2, 0) is 0 Å². The molecule has 0 radical (unpaired) electrons. The second-order valence-corrected chi connectivity index (χ2v) is 7.59. The number of hydrogen-bond donors (Lipinski definition) is 2. The van der Waals surface area contributed by atoms with Crippen LogP contribution in [0.5, 0.6) is 17.2 Å². The van der Waals surface area contributed by atoms with Crippen molar-refractivity contribution in [3.8, 4) is 17.2 Å². The molecule has 0 amide bonds. The highest BCUT2D eigenvalue weighted by Gasteiger charge is 2.22. The quantitative estimate of drug-likeness (QED) is 0.317. The second-order valence-electron chi connectivity index (χ2n) is 6.59. The Hall–Kier alpha value is -4.05. The highest BCUT2D eigenvalue weighted by atomic mass is 32.1. The number of methoxy groups -OCH3 is 3. The van der Waals surface area contributed by atoms with Crippen molar-refractivity contribution >= 4 is 44.7 Å². The summed E-state index contributed by atoms with van der Waals surface area (Å²) in [5, 5.41) is 4.06. The maximum absolute atomic E-state index is 13.0. The van der Waals surface area contributed by atoms with E-state index in [1.807, 2.05) is 0 Å². The zero-order valence-corrected chi connectivity index (χ0v) is 18.2. The van der Waals surface area contributed by atoms with Gasteiger partial charge in [-0.1, -0.05) is 29.5 Å². The van der Waals surface area contributed by atoms with Crippen molar-refractivity contribution in [2.45, 2.75) is 0 Å². The van der Waals surface area contributed by atoms with E-state index in [4.69, 9.17) is 24.4 Å². The Bertz CT molecular complexity index is 1350. The van der Waals surface area contributed by atoms with E-state index in [2.05, 4.69) is 10.3 Å². The number of rotatable bonds is 7. The van der Waals surface area contributed by atoms with Gasteiger partial charge in [0.1, 0.15) is 21.8 Å². The third-order valence-electron chi connectivity index (χ3n) is 4.66. The lowest BCUT2D eigenvalue weighted by atomic mass is 10.1. The Balaban J connectivity index is 1.68. The van der Waals surface area contributed by atoms with Crippen LogP contribution in [0.1, 0.15) is 15.2 Å². The molecule has 0 aliphatic heterocycles. The Morgan fingerprint density at radius 1 is 1.06 bits per heavy atom. The van der Waals surface area contributed by atoms with E-state index in [0.29, 0.717) is 39.0 Å². The zero-order chi connectivity index (χ0) is 22.8. The molecule has 32 heavy (non-hydrogen) atoms. The Labute approximate surface area is 186 Å². The minimum atomic E-state index is -0.736. The molecule has 4 aromatic rings. The van der Waals surface area contributed by atoms with E-state index in [9.17, 15) is 9.59 Å². The Morgan fingerprint density at radius 2 is 1.75 bits per heavy atom. The third-order valence-corrected chi connectivity index (χ3v) is 5.65. The summed E-state index contributed by atoms with van der Waals surface area (Å²) in [6, 6.07) is 11.8. The van der Waals surface area contributed by atoms with Gasteiger partial charge >= 0.3 is 5.63 Å². The molecule has 0 atom stereocenters. The molecular weight excluding hydrogens is 434 g/mol. The molecule has 0 saturated heterocycles. The number of anilines is 3. The number of nitrogens with two attached hydrogens (primary N) is 1. The first-order valence-corrected chi connectivity index (χ1v) is 10.2. The smallest absolute Gasteiger partial charge is 0.347 e. The lowest BCUT2D eigenvalue weighted by Gasteiger charge is -2.14. The van der Waals surface area contributed by atoms with Crippen LogP contribution < -0.4 is 30.9 Å². The van der Waals surface area contributed by atoms with Crippen molar-refractivity contribution in [3.63, 3.8) is 0 Å². The van der Waals surface area contributed by atoms with Crippen LogP contribution in [-0.4, -0.2) is 32.1 Å². The average molecular weight is 453 g/mol. The number of ether oxygens (including phenoxy) is 3. The molecule has 0 spiro atoms. The molecule has 164 valence electrons. The molecule has 2 heterocycles. The summed E-state index contributed by atoms with van der Waals surface area (Å²) in [6.45, 7) is 0. The number of hydrogen-bond acceptors (Lipinski definition) is 10. The molecular formula is C22H19N3O6S. The number of carbonyl (C=O) groups is 1. The first-order valence-electron chi connectivity index (χ1n) is 9.36. The Morgan fingerprint density at radius 3 is 2.41 bits per heavy atom. The van der Waals surface area contributed by atoms with E-state index in [-0.39, 0.29) is 16.3 Å². The van der Waals surface area contributed by atoms with Crippen molar-refractivity contribution in [1.82, 2.24) is 4.98 Å². The number of nitrogens with zero attached hydrogens (tertiary/aromatic N) is 1. The maximum Gasteiger partial charge on any atom is 0.347 e. The van der Waals surface area contributed by atoms with Gasteiger partial charge in [-0.05, 0) is 12.1 Å². The number of fused-ring (bicyclic) bond motifs is 1. The molecule has 4 rings (SSSR count). The van der Waals surface area contributed by atoms with Gasteiger partial charge in [0.05, 0.1) is 21.3 Å². The Kier molecular flexibility index (Phi) is 5.69. The minimum absolute atomic E-state index is 0.00232. The van der Waals surface area contributed by atoms with E-state index in [1.165, 1.54) is 27.4 Å². The molecule has 0 bridgehead atoms. The van der Waals surface area contributed by atoms with Gasteiger partial charge in [0.25, 0.3) is 0 Å². The van der Waals surface area contributed by atoms with E-state index in [0.717, 1.165) is 11.3 Å². The molecule has 9 nitrogen and oxygen atoms in total. The van der Waals surface area contributed by atoms with Gasteiger partial charge in [0.2, 0.25) is 11.5 Å². The summed E-state index contributed by atoms with van der Waals surface area (Å²) in [6.07, 6.45) is 0. The van der Waals surface area contributed by atoms with Gasteiger partial charge in [-0.25, -0.2) is 9.78 Å². The minimum Gasteiger partial charge on any atom is -0.493 e. The van der Waals surface area contributed by atoms with Gasteiger partial charge in [0, 0.05) is 23.2 Å². The van der Waals surface area contributed by atoms with Crippen LogP contribution in [0.2, 0.25) is 0 Å². The number of nitrogen functional groups attached to an aromatic ring is 1. The first kappa shape index (κ1) is 21.2. The fourth-order valence-corrected chi connectivity index (χ4v) is 4.03. The van der Waals surface area contributed by atoms with Crippen molar-refractivity contribution in [2.24, 2.45) is 0 Å². The number of para-hydroxylation sites is 1. The molecule has 0 aliphatic rings. The summed E-state index contributed by atoms with van der Waals surface area (Å²) >= 11 is 1.02. The normalized spacial score (nSPS) is 10.7. The van der Waals surface area contributed by atoms with Gasteiger partial charge in [-0.3, -0.25) is 4.79 Å². The highest BCUT2D eigenvalue weighted by Crippen LogP contribution is 2.41. The average Bonchev–Trinajstić information content (AvgIpc) is 3.17. The molecule has 10 heteroatoms. The molecule has 0 unspecified atom stereocenters. The molecule has 0 fully saturated rings. The first-order chi connectivity index (χ1) is 15.4. The van der Waals surface area contributed by atoms with Crippen LogP contribution in [0.4, 0.5) is 16.6 Å². The summed E-state index contributed by atoms with van der Waals surface area (Å²) in [5.74, 6) is 0.783. The van der Waals surface area contributed by atoms with Gasteiger partial charge in [-0.2, -0.15) is 0 Å². The number of carbonyl (C=O) groups excluding carboxylic acids is 1. The van der Waals surface area contributed by atoms with Crippen LogP contribution in [0.25, 0.3) is 11.0 Å². The second kappa shape index (κ2) is 8.60. The molecule has 3 N–H and O–H groups in total. The number of nitrogens with one attached hydrogen (secondary N) is 1. The number of ketones is 1. The van der Waals surface area contributed by atoms with E-state index >= 15 is 0 Å². The molecule has 0 saturated carbocycles. The standard InChI is InChI=1S/C22H19N3O6S/c1-28-15-9-12(10-16(29-2)18(15)30-3)24-22-25-20(23)19(32-22)17(26)13-8-11-6-4-5-7-14(11)31-21(13)27/h4-10H,23H2,1-3H3,(H,24,25). The number of thiazole rings is 1. The van der Waals surface area contributed by atoms with Crippen LogP contribution in [0, 0.1) is 0 Å². The van der Waals surface area contributed by atoms with Crippen LogP contribution >= 0.6 is 11.3 Å². The van der Waals surface area contributed by atoms with Gasteiger partial charge < -0.3 is 29.7 Å². The third kappa shape index (κ3) is 3.83. The predicted molar refractivity (Wildman–Crippen MR) is 122 cm³/mol. The van der Waals surface area contributed by atoms with E-state index in [1.54, 1.807) is 36.4 Å². The van der Waals surface area contributed by atoms with Crippen molar-refractivity contribution in [1.29, 1.82) is 0 Å². The topological polar surface area (TPSA) is 126 Å². The number of aromatic nitrogens is 1. The number of benzene rings is 2. The summed E-state index contributed by atoms with van der Waals surface area (Å²) in [4.78, 5) is 29.7. The fourth-order valence-electron chi connectivity index (χ4n) is 3.17. The summed E-state index contributed by atoms with van der Waals surface area (Å²) < 4.78 is 21.3. The zero-order valence-electron chi connectivity index (χ0n) is 17.4. The highest BCUT2D eigenvalue weighted by molar-refractivity contribution is 7.18. The monoisotopic (exact) mass is 453 g/mol. The van der Waals surface area contributed by atoms with Crippen LogP contribution in [0.15, 0.2) is 51.7 Å². The molecule has 2 aromatic carbocycles. The molecule has 0 aliphatic carbocycles. The van der Waals surface area contributed by atoms with Gasteiger partial charge in [0.15, 0.2) is 16.6 Å². The van der Waals surface area contributed by atoms with Crippen LogP contribution in [0.3, 0.4) is 0 Å². The van der Waals surface area contributed by atoms with Crippen molar-refractivity contribution in [3.05, 3.63) is 63.3 Å². The summed E-state index contributed by atoms with van der Waals surface area (Å²) in [5.41, 5.74) is 6.12. The lowest BCUT2D eigenvalue weighted by Crippen LogP contribution is -2.14.